The monoisotopic (exact) mass is 247 g/mol. The van der Waals surface area contributed by atoms with Crippen molar-refractivity contribution in [2.24, 2.45) is 5.92 Å². The van der Waals surface area contributed by atoms with Gasteiger partial charge in [-0.1, -0.05) is 6.92 Å². The lowest BCUT2D eigenvalue weighted by molar-refractivity contribution is 0.698. The molecule has 0 bridgehead atoms. The van der Waals surface area contributed by atoms with E-state index in [0.717, 1.165) is 24.7 Å². The van der Waals surface area contributed by atoms with Gasteiger partial charge in [0.2, 0.25) is 0 Å². The van der Waals surface area contributed by atoms with Crippen LogP contribution in [0.3, 0.4) is 0 Å². The van der Waals surface area contributed by atoms with E-state index in [1.54, 1.807) is 0 Å². The number of pyridine rings is 1. The second-order valence-corrected chi connectivity index (χ2v) is 5.37. The number of anilines is 1. The number of aromatic nitrogens is 1. The van der Waals surface area contributed by atoms with Crippen molar-refractivity contribution in [1.82, 2.24) is 10.3 Å². The molecule has 18 heavy (non-hydrogen) atoms. The van der Waals surface area contributed by atoms with Crippen molar-refractivity contribution in [3.05, 3.63) is 23.5 Å². The fourth-order valence-corrected chi connectivity index (χ4v) is 2.39. The van der Waals surface area contributed by atoms with Gasteiger partial charge in [0.1, 0.15) is 0 Å². The summed E-state index contributed by atoms with van der Waals surface area (Å²) in [5.41, 5.74) is 3.81. The molecule has 0 radical (unpaired) electrons. The average molecular weight is 247 g/mol. The van der Waals surface area contributed by atoms with E-state index < -0.39 is 0 Å². The predicted octanol–water partition coefficient (Wildman–Crippen LogP) is 2.74. The molecule has 3 heteroatoms. The molecule has 0 amide bonds. The lowest BCUT2D eigenvalue weighted by Crippen LogP contribution is -2.28. The molecule has 0 spiro atoms. The molecule has 1 aromatic rings. The third-order valence-corrected chi connectivity index (χ3v) is 3.48. The van der Waals surface area contributed by atoms with E-state index in [1.807, 2.05) is 13.2 Å². The highest BCUT2D eigenvalue weighted by Gasteiger charge is 2.25. The first-order valence-corrected chi connectivity index (χ1v) is 7.09. The zero-order chi connectivity index (χ0) is 13.0. The van der Waals surface area contributed by atoms with Gasteiger partial charge >= 0.3 is 0 Å². The van der Waals surface area contributed by atoms with Crippen molar-refractivity contribution in [3.63, 3.8) is 0 Å². The summed E-state index contributed by atoms with van der Waals surface area (Å²) in [5, 5.41) is 3.24. The maximum atomic E-state index is 4.43. The lowest BCUT2D eigenvalue weighted by Gasteiger charge is -2.27. The number of rotatable bonds is 7. The number of nitrogens with one attached hydrogen (secondary N) is 1. The van der Waals surface area contributed by atoms with Crippen molar-refractivity contribution >= 4 is 5.69 Å². The maximum absolute atomic E-state index is 4.43. The van der Waals surface area contributed by atoms with Gasteiger partial charge in [-0.2, -0.15) is 0 Å². The number of hydrogen-bond donors (Lipinski definition) is 1. The molecular formula is C15H25N3. The molecule has 1 saturated carbocycles. The van der Waals surface area contributed by atoms with Crippen LogP contribution in [0.5, 0.6) is 0 Å². The first-order chi connectivity index (χ1) is 8.74. The summed E-state index contributed by atoms with van der Waals surface area (Å²) in [6.45, 7) is 7.60. The summed E-state index contributed by atoms with van der Waals surface area (Å²) in [6, 6.07) is 2.24. The summed E-state index contributed by atoms with van der Waals surface area (Å²) in [5.74, 6) is 0.924. The summed E-state index contributed by atoms with van der Waals surface area (Å²) in [7, 11) is 1.99. The van der Waals surface area contributed by atoms with E-state index >= 15 is 0 Å². The second kappa shape index (κ2) is 6.19. The van der Waals surface area contributed by atoms with Crippen molar-refractivity contribution in [1.29, 1.82) is 0 Å². The fraction of sp³-hybridized carbons (Fsp3) is 0.667. The topological polar surface area (TPSA) is 28.2 Å². The number of nitrogens with zero attached hydrogens (tertiary/aromatic N) is 2. The number of aryl methyl sites for hydroxylation is 1. The van der Waals surface area contributed by atoms with Crippen LogP contribution in [0.1, 0.15) is 37.4 Å². The van der Waals surface area contributed by atoms with E-state index in [4.69, 9.17) is 0 Å². The highest BCUT2D eigenvalue weighted by molar-refractivity contribution is 5.53. The molecule has 0 unspecified atom stereocenters. The molecule has 2 rings (SSSR count). The van der Waals surface area contributed by atoms with Crippen molar-refractivity contribution in [3.8, 4) is 0 Å². The maximum Gasteiger partial charge on any atom is 0.0445 e. The van der Waals surface area contributed by atoms with Crippen LogP contribution in [0, 0.1) is 12.8 Å². The molecule has 3 nitrogen and oxygen atoms in total. The highest BCUT2D eigenvalue weighted by atomic mass is 15.1. The molecule has 1 aliphatic carbocycles. The Hall–Kier alpha value is -1.09. The Labute approximate surface area is 111 Å². The smallest absolute Gasteiger partial charge is 0.0445 e. The Morgan fingerprint density at radius 3 is 2.83 bits per heavy atom. The first kappa shape index (κ1) is 13.3. The van der Waals surface area contributed by atoms with E-state index in [0.29, 0.717) is 0 Å². The minimum Gasteiger partial charge on any atom is -0.371 e. The van der Waals surface area contributed by atoms with Crippen molar-refractivity contribution in [2.75, 3.05) is 25.0 Å². The zero-order valence-electron chi connectivity index (χ0n) is 11.9. The molecule has 100 valence electrons. The molecule has 1 heterocycles. The molecule has 1 aliphatic rings. The highest BCUT2D eigenvalue weighted by Crippen LogP contribution is 2.32. The summed E-state index contributed by atoms with van der Waals surface area (Å²) >= 11 is 0. The third kappa shape index (κ3) is 3.45. The first-order valence-electron chi connectivity index (χ1n) is 7.09. The standard InChI is InChI=1S/C15H25N3/c1-4-7-18(11-13-5-6-13)15-8-12(2)17-10-14(15)9-16-3/h8,10,13,16H,4-7,9,11H2,1-3H3. The summed E-state index contributed by atoms with van der Waals surface area (Å²) < 4.78 is 0. The molecule has 0 aliphatic heterocycles. The van der Waals surface area contributed by atoms with Crippen LogP contribution >= 0.6 is 0 Å². The van der Waals surface area contributed by atoms with E-state index in [2.05, 4.69) is 35.1 Å². The Morgan fingerprint density at radius 1 is 1.44 bits per heavy atom. The SMILES string of the molecule is CCCN(CC1CC1)c1cc(C)ncc1CNC. The van der Waals surface area contributed by atoms with E-state index in [1.165, 1.54) is 37.1 Å². The fourth-order valence-electron chi connectivity index (χ4n) is 2.39. The largest absolute Gasteiger partial charge is 0.371 e. The van der Waals surface area contributed by atoms with Crippen LogP contribution in [0.2, 0.25) is 0 Å². The van der Waals surface area contributed by atoms with Crippen LogP contribution in [0.4, 0.5) is 5.69 Å². The lowest BCUT2D eigenvalue weighted by atomic mass is 10.1. The molecule has 1 N–H and O–H groups in total. The minimum absolute atomic E-state index is 0.896. The summed E-state index contributed by atoms with van der Waals surface area (Å²) in [4.78, 5) is 6.98. The van der Waals surface area contributed by atoms with Crippen LogP contribution in [0.15, 0.2) is 12.3 Å². The van der Waals surface area contributed by atoms with Crippen molar-refractivity contribution in [2.45, 2.75) is 39.7 Å². The van der Waals surface area contributed by atoms with Crippen LogP contribution in [0.25, 0.3) is 0 Å². The normalized spacial score (nSPS) is 14.8. The number of hydrogen-bond acceptors (Lipinski definition) is 3. The zero-order valence-corrected chi connectivity index (χ0v) is 11.9. The van der Waals surface area contributed by atoms with E-state index in [-0.39, 0.29) is 0 Å². The van der Waals surface area contributed by atoms with Gasteiger partial charge in [0.25, 0.3) is 0 Å². The Balaban J connectivity index is 2.21. The van der Waals surface area contributed by atoms with E-state index in [9.17, 15) is 0 Å². The van der Waals surface area contributed by atoms with Gasteiger partial charge in [-0.3, -0.25) is 4.98 Å². The van der Waals surface area contributed by atoms with Gasteiger partial charge in [0, 0.05) is 42.8 Å². The molecular weight excluding hydrogens is 222 g/mol. The quantitative estimate of drug-likeness (QED) is 0.803. The molecule has 1 fully saturated rings. The second-order valence-electron chi connectivity index (χ2n) is 5.37. The molecule has 1 aromatic heterocycles. The Morgan fingerprint density at radius 2 is 2.22 bits per heavy atom. The van der Waals surface area contributed by atoms with Crippen LogP contribution in [-0.2, 0) is 6.54 Å². The van der Waals surface area contributed by atoms with Crippen LogP contribution < -0.4 is 10.2 Å². The molecule has 0 aromatic carbocycles. The van der Waals surface area contributed by atoms with Gasteiger partial charge < -0.3 is 10.2 Å². The van der Waals surface area contributed by atoms with Gasteiger partial charge in [0.15, 0.2) is 0 Å². The van der Waals surface area contributed by atoms with Gasteiger partial charge in [0.05, 0.1) is 0 Å². The average Bonchev–Trinajstić information content (AvgIpc) is 3.15. The van der Waals surface area contributed by atoms with Gasteiger partial charge in [-0.05, 0) is 45.2 Å². The third-order valence-electron chi connectivity index (χ3n) is 3.48. The van der Waals surface area contributed by atoms with Crippen LogP contribution in [-0.4, -0.2) is 25.1 Å². The van der Waals surface area contributed by atoms with Crippen molar-refractivity contribution < 1.29 is 0 Å². The van der Waals surface area contributed by atoms with Gasteiger partial charge in [-0.25, -0.2) is 0 Å². The predicted molar refractivity (Wildman–Crippen MR) is 77.0 cm³/mol. The Bertz CT molecular complexity index is 385. The molecule has 0 saturated heterocycles. The minimum atomic E-state index is 0.896. The summed E-state index contributed by atoms with van der Waals surface area (Å²) in [6.07, 6.45) is 6.04. The van der Waals surface area contributed by atoms with Gasteiger partial charge in [-0.15, -0.1) is 0 Å². The Kier molecular flexibility index (Phi) is 4.59. The molecule has 0 atom stereocenters.